The van der Waals surface area contributed by atoms with Crippen LogP contribution in [0.2, 0.25) is 0 Å². The number of hydrogen-bond donors (Lipinski definition) is 1. The average Bonchev–Trinajstić information content (AvgIpc) is 3.12. The fourth-order valence-electron chi connectivity index (χ4n) is 2.91. The molecule has 0 bridgehead atoms. The molecule has 1 N–H and O–H groups in total. The molecule has 146 valence electrons. The molecule has 3 rings (SSSR count). The van der Waals surface area contributed by atoms with Crippen LogP contribution in [0.15, 0.2) is 53.4 Å². The monoisotopic (exact) mass is 398 g/mol. The zero-order valence-corrected chi connectivity index (χ0v) is 16.5. The predicted molar refractivity (Wildman–Crippen MR) is 110 cm³/mol. The lowest BCUT2D eigenvalue weighted by atomic mass is 10.2. The summed E-state index contributed by atoms with van der Waals surface area (Å²) in [7, 11) is 0. The van der Waals surface area contributed by atoms with Gasteiger partial charge in [-0.3, -0.25) is 14.4 Å². The third-order valence-corrected chi connectivity index (χ3v) is 5.47. The van der Waals surface area contributed by atoms with Crippen molar-refractivity contribution in [3.8, 4) is 0 Å². The molecule has 0 atom stereocenters. The number of amides is 2. The van der Waals surface area contributed by atoms with E-state index < -0.39 is 11.9 Å². The lowest BCUT2D eigenvalue weighted by molar-refractivity contribution is -0.144. The molecule has 1 fully saturated rings. The highest BCUT2D eigenvalue weighted by Crippen LogP contribution is 2.24. The first-order valence-corrected chi connectivity index (χ1v) is 10.1. The van der Waals surface area contributed by atoms with Crippen LogP contribution in [0.3, 0.4) is 0 Å². The highest BCUT2D eigenvalue weighted by molar-refractivity contribution is 8.00. The summed E-state index contributed by atoms with van der Waals surface area (Å²) in [5.41, 5.74) is 2.41. The normalized spacial score (nSPS) is 13.5. The number of rotatable bonds is 7. The molecular formula is C21H22N2O4S. The molecule has 2 aromatic carbocycles. The summed E-state index contributed by atoms with van der Waals surface area (Å²) < 4.78 is 5.05. The molecule has 6 nitrogen and oxygen atoms in total. The van der Waals surface area contributed by atoms with E-state index >= 15 is 0 Å². The van der Waals surface area contributed by atoms with Crippen LogP contribution in [0, 0.1) is 6.92 Å². The Hall–Kier alpha value is -2.80. The quantitative estimate of drug-likeness (QED) is 0.571. The van der Waals surface area contributed by atoms with Crippen molar-refractivity contribution in [2.45, 2.75) is 24.7 Å². The maximum absolute atomic E-state index is 12.1. The van der Waals surface area contributed by atoms with Gasteiger partial charge in [0.15, 0.2) is 6.61 Å². The number of hydrogen-bond acceptors (Lipinski definition) is 5. The van der Waals surface area contributed by atoms with Gasteiger partial charge in [-0.05, 0) is 43.2 Å². The molecule has 2 aromatic rings. The lowest BCUT2D eigenvalue weighted by Gasteiger charge is -2.16. The van der Waals surface area contributed by atoms with E-state index in [0.29, 0.717) is 18.7 Å². The Morgan fingerprint density at radius 1 is 1.18 bits per heavy atom. The van der Waals surface area contributed by atoms with Crippen LogP contribution >= 0.6 is 11.8 Å². The van der Waals surface area contributed by atoms with Crippen molar-refractivity contribution in [2.75, 3.05) is 29.1 Å². The Labute approximate surface area is 168 Å². The topological polar surface area (TPSA) is 75.7 Å². The van der Waals surface area contributed by atoms with Crippen molar-refractivity contribution < 1.29 is 19.1 Å². The van der Waals surface area contributed by atoms with E-state index in [0.717, 1.165) is 22.6 Å². The molecule has 1 heterocycles. The number of thioether (sulfide) groups is 1. The molecule has 0 unspecified atom stereocenters. The Kier molecular flexibility index (Phi) is 6.71. The third-order valence-electron chi connectivity index (χ3n) is 4.32. The van der Waals surface area contributed by atoms with Crippen LogP contribution in [0.4, 0.5) is 11.4 Å². The highest BCUT2D eigenvalue weighted by atomic mass is 32.2. The number of carbonyl (C=O) groups excluding carboxylic acids is 3. The van der Waals surface area contributed by atoms with Gasteiger partial charge in [-0.2, -0.15) is 0 Å². The molecule has 0 spiro atoms. The number of carbonyl (C=O) groups is 3. The van der Waals surface area contributed by atoms with E-state index in [-0.39, 0.29) is 18.3 Å². The largest absolute Gasteiger partial charge is 0.455 e. The zero-order valence-electron chi connectivity index (χ0n) is 15.6. The molecule has 1 saturated heterocycles. The van der Waals surface area contributed by atoms with E-state index in [1.807, 2.05) is 37.3 Å². The summed E-state index contributed by atoms with van der Waals surface area (Å²) in [4.78, 5) is 38.5. The number of esters is 1. The number of benzene rings is 2. The zero-order chi connectivity index (χ0) is 19.9. The summed E-state index contributed by atoms with van der Waals surface area (Å²) in [6.07, 6.45) is 1.39. The third kappa shape index (κ3) is 5.36. The van der Waals surface area contributed by atoms with Crippen molar-refractivity contribution >= 4 is 40.9 Å². The minimum Gasteiger partial charge on any atom is -0.455 e. The second kappa shape index (κ2) is 9.41. The van der Waals surface area contributed by atoms with Gasteiger partial charge in [0.1, 0.15) is 0 Å². The Morgan fingerprint density at radius 2 is 2.00 bits per heavy atom. The van der Waals surface area contributed by atoms with Gasteiger partial charge in [0.05, 0.1) is 5.75 Å². The van der Waals surface area contributed by atoms with Gasteiger partial charge >= 0.3 is 5.97 Å². The van der Waals surface area contributed by atoms with Crippen LogP contribution in [-0.4, -0.2) is 36.7 Å². The molecule has 0 saturated carbocycles. The Balaban J connectivity index is 1.46. The summed E-state index contributed by atoms with van der Waals surface area (Å²) in [5.74, 6) is -0.632. The van der Waals surface area contributed by atoms with Gasteiger partial charge in [0.2, 0.25) is 5.91 Å². The summed E-state index contributed by atoms with van der Waals surface area (Å²) in [5, 5.41) is 2.70. The van der Waals surface area contributed by atoms with E-state index in [1.54, 1.807) is 23.1 Å². The van der Waals surface area contributed by atoms with Gasteiger partial charge in [0.25, 0.3) is 5.91 Å². The van der Waals surface area contributed by atoms with E-state index in [9.17, 15) is 14.4 Å². The number of nitrogens with one attached hydrogen (secondary N) is 1. The Bertz CT molecular complexity index is 884. The van der Waals surface area contributed by atoms with Crippen LogP contribution in [-0.2, 0) is 19.1 Å². The molecule has 0 radical (unpaired) electrons. The molecule has 0 aromatic heterocycles. The first-order chi connectivity index (χ1) is 13.5. The average molecular weight is 398 g/mol. The molecule has 1 aliphatic heterocycles. The van der Waals surface area contributed by atoms with Gasteiger partial charge in [-0.25, -0.2) is 0 Å². The van der Waals surface area contributed by atoms with Crippen molar-refractivity contribution in [1.29, 1.82) is 0 Å². The molecule has 2 amide bonds. The molecule has 0 aliphatic carbocycles. The highest BCUT2D eigenvalue weighted by Gasteiger charge is 2.21. The summed E-state index contributed by atoms with van der Waals surface area (Å²) in [6, 6.07) is 14.9. The summed E-state index contributed by atoms with van der Waals surface area (Å²) in [6.45, 7) is 2.32. The van der Waals surface area contributed by atoms with E-state index in [4.69, 9.17) is 4.74 Å². The van der Waals surface area contributed by atoms with Crippen molar-refractivity contribution in [3.63, 3.8) is 0 Å². The molecule has 28 heavy (non-hydrogen) atoms. The van der Waals surface area contributed by atoms with Crippen LogP contribution in [0.5, 0.6) is 0 Å². The second-order valence-electron chi connectivity index (χ2n) is 6.46. The van der Waals surface area contributed by atoms with E-state index in [1.165, 1.54) is 11.8 Å². The first kappa shape index (κ1) is 19.9. The molecule has 7 heteroatoms. The number of anilines is 2. The Morgan fingerprint density at radius 3 is 2.75 bits per heavy atom. The van der Waals surface area contributed by atoms with Gasteiger partial charge in [-0.15, -0.1) is 11.8 Å². The first-order valence-electron chi connectivity index (χ1n) is 9.07. The SMILES string of the molecule is Cc1ccccc1SCC(=O)OCC(=O)Nc1cccc(N2CCCC2=O)c1. The summed E-state index contributed by atoms with van der Waals surface area (Å²) >= 11 is 1.38. The predicted octanol–water partition coefficient (Wildman–Crippen LogP) is 3.40. The molecular weight excluding hydrogens is 376 g/mol. The maximum atomic E-state index is 12.1. The second-order valence-corrected chi connectivity index (χ2v) is 7.48. The van der Waals surface area contributed by atoms with Gasteiger partial charge in [-0.1, -0.05) is 24.3 Å². The molecule has 1 aliphatic rings. The number of aryl methyl sites for hydroxylation is 1. The maximum Gasteiger partial charge on any atom is 0.316 e. The van der Waals surface area contributed by atoms with Crippen molar-refractivity contribution in [2.24, 2.45) is 0 Å². The van der Waals surface area contributed by atoms with Crippen LogP contribution in [0.1, 0.15) is 18.4 Å². The smallest absolute Gasteiger partial charge is 0.316 e. The van der Waals surface area contributed by atoms with Crippen molar-refractivity contribution in [3.05, 3.63) is 54.1 Å². The van der Waals surface area contributed by atoms with Gasteiger partial charge in [0, 0.05) is 29.2 Å². The van der Waals surface area contributed by atoms with Crippen LogP contribution in [0.25, 0.3) is 0 Å². The fourth-order valence-corrected chi connectivity index (χ4v) is 3.74. The fraction of sp³-hybridized carbons (Fsp3) is 0.286. The minimum atomic E-state index is -0.445. The van der Waals surface area contributed by atoms with Gasteiger partial charge < -0.3 is 15.0 Å². The van der Waals surface area contributed by atoms with Crippen molar-refractivity contribution in [1.82, 2.24) is 0 Å². The minimum absolute atomic E-state index is 0.0866. The van der Waals surface area contributed by atoms with Crippen LogP contribution < -0.4 is 10.2 Å². The lowest BCUT2D eigenvalue weighted by Crippen LogP contribution is -2.24. The number of ether oxygens (including phenoxy) is 1. The standard InChI is InChI=1S/C21H22N2O4S/c1-15-6-2-3-9-18(15)28-14-21(26)27-13-19(24)22-16-7-4-8-17(12-16)23-11-5-10-20(23)25/h2-4,6-9,12H,5,10-11,13-14H2,1H3,(H,22,24). The van der Waals surface area contributed by atoms with E-state index in [2.05, 4.69) is 5.32 Å². The number of nitrogens with zero attached hydrogens (tertiary/aromatic N) is 1.